The molecule has 2 atom stereocenters. The number of alkyl carbamates (subject to hydrolysis) is 1. The molecule has 1 aromatic carbocycles. The summed E-state index contributed by atoms with van der Waals surface area (Å²) in [6.07, 6.45) is 0.207. The van der Waals surface area contributed by atoms with E-state index in [2.05, 4.69) is 31.9 Å². The summed E-state index contributed by atoms with van der Waals surface area (Å²) in [6.45, 7) is 6.58. The molecular weight excluding hydrogens is 450 g/mol. The van der Waals surface area contributed by atoms with Crippen LogP contribution in [0.3, 0.4) is 0 Å². The van der Waals surface area contributed by atoms with E-state index in [1.165, 1.54) is 0 Å². The number of amides is 1. The molecule has 1 amide bonds. The number of anilines is 1. The lowest BCUT2D eigenvalue weighted by atomic mass is 10.0. The molecule has 28 heavy (non-hydrogen) atoms. The van der Waals surface area contributed by atoms with Crippen LogP contribution in [0.4, 0.5) is 10.5 Å². The maximum absolute atomic E-state index is 12.1. The number of halogens is 1. The highest BCUT2D eigenvalue weighted by Gasteiger charge is 2.30. The monoisotopic (exact) mass is 473 g/mol. The van der Waals surface area contributed by atoms with Crippen LogP contribution in [0, 0.1) is 0 Å². The van der Waals surface area contributed by atoms with E-state index in [9.17, 15) is 4.79 Å². The molecule has 10 heteroatoms. The third-order valence-electron chi connectivity index (χ3n) is 4.10. The summed E-state index contributed by atoms with van der Waals surface area (Å²) in [4.78, 5) is 12.1. The van der Waals surface area contributed by atoms with Gasteiger partial charge in [-0.15, -0.1) is 0 Å². The standard InChI is InChI=1S/C18H24BrN3O5S/c1-18(2,3)27-17(23)21-12-8-24-7-6-11(12)20-16(28)22-14-10(19)4-5-13-15(14)26-9-25-13/h4-5,11-12H,6-9H2,1-3H3,(H,21,23)(H2,20,22,28)/t11-,12+/m1/s1. The van der Waals surface area contributed by atoms with Crippen molar-refractivity contribution in [1.82, 2.24) is 10.6 Å². The summed E-state index contributed by atoms with van der Waals surface area (Å²) in [7, 11) is 0. The third-order valence-corrected chi connectivity index (χ3v) is 4.98. The molecule has 2 aliphatic heterocycles. The van der Waals surface area contributed by atoms with E-state index in [0.29, 0.717) is 41.9 Å². The van der Waals surface area contributed by atoms with Gasteiger partial charge in [-0.05, 0) is 67.5 Å². The highest BCUT2D eigenvalue weighted by Crippen LogP contribution is 2.43. The SMILES string of the molecule is CC(C)(C)OC(=O)N[C@H]1COCC[C@H]1NC(=S)Nc1c(Br)ccc2c1OCO2. The summed E-state index contributed by atoms with van der Waals surface area (Å²) in [5.41, 5.74) is 0.123. The molecule has 1 saturated heterocycles. The zero-order chi connectivity index (χ0) is 20.3. The van der Waals surface area contributed by atoms with Gasteiger partial charge in [0.15, 0.2) is 16.6 Å². The molecule has 8 nitrogen and oxygen atoms in total. The Kier molecular flexibility index (Phi) is 6.51. The Bertz CT molecular complexity index is 755. The van der Waals surface area contributed by atoms with Crippen molar-refractivity contribution in [1.29, 1.82) is 0 Å². The fraction of sp³-hybridized carbons (Fsp3) is 0.556. The normalized spacial score (nSPS) is 21.0. The number of rotatable bonds is 3. The third kappa shape index (κ3) is 5.39. The van der Waals surface area contributed by atoms with Gasteiger partial charge in [0, 0.05) is 11.1 Å². The predicted octanol–water partition coefficient (Wildman–Crippen LogP) is 3.15. The molecule has 1 fully saturated rings. The van der Waals surface area contributed by atoms with Crippen molar-refractivity contribution in [3.63, 3.8) is 0 Å². The number of carbonyl (C=O) groups excluding carboxylic acids is 1. The second-order valence-corrected chi connectivity index (χ2v) is 8.74. The first-order valence-electron chi connectivity index (χ1n) is 8.96. The van der Waals surface area contributed by atoms with E-state index in [0.717, 1.165) is 4.47 Å². The van der Waals surface area contributed by atoms with Crippen molar-refractivity contribution >= 4 is 45.0 Å². The summed E-state index contributed by atoms with van der Waals surface area (Å²) < 4.78 is 22.6. The van der Waals surface area contributed by atoms with Crippen LogP contribution in [0.5, 0.6) is 11.5 Å². The molecule has 1 aromatic rings. The Morgan fingerprint density at radius 3 is 2.79 bits per heavy atom. The van der Waals surface area contributed by atoms with Gasteiger partial charge in [0.1, 0.15) is 11.3 Å². The number of hydrogen-bond donors (Lipinski definition) is 3. The Labute approximate surface area is 177 Å². The maximum Gasteiger partial charge on any atom is 0.408 e. The molecule has 0 saturated carbocycles. The number of hydrogen-bond acceptors (Lipinski definition) is 6. The quantitative estimate of drug-likeness (QED) is 0.576. The highest BCUT2D eigenvalue weighted by atomic mass is 79.9. The van der Waals surface area contributed by atoms with Gasteiger partial charge < -0.3 is 34.9 Å². The Morgan fingerprint density at radius 1 is 1.25 bits per heavy atom. The number of fused-ring (bicyclic) bond motifs is 1. The second kappa shape index (κ2) is 8.71. The molecule has 0 unspecified atom stereocenters. The minimum absolute atomic E-state index is 0.103. The van der Waals surface area contributed by atoms with Gasteiger partial charge in [-0.3, -0.25) is 0 Å². The number of thiocarbonyl (C=S) groups is 1. The van der Waals surface area contributed by atoms with Gasteiger partial charge in [-0.25, -0.2) is 4.79 Å². The molecule has 0 spiro atoms. The van der Waals surface area contributed by atoms with E-state index >= 15 is 0 Å². The van der Waals surface area contributed by atoms with Gasteiger partial charge in [-0.2, -0.15) is 0 Å². The summed E-state index contributed by atoms with van der Waals surface area (Å²) in [6, 6.07) is 3.31. The molecule has 0 aliphatic carbocycles. The van der Waals surface area contributed by atoms with Crippen LogP contribution in [0.25, 0.3) is 0 Å². The van der Waals surface area contributed by atoms with Crippen molar-refractivity contribution in [2.24, 2.45) is 0 Å². The van der Waals surface area contributed by atoms with Gasteiger partial charge in [0.05, 0.1) is 18.7 Å². The molecule has 2 aliphatic rings. The topological polar surface area (TPSA) is 90.1 Å². The smallest absolute Gasteiger partial charge is 0.408 e. The van der Waals surface area contributed by atoms with Crippen LogP contribution in [0.2, 0.25) is 0 Å². The van der Waals surface area contributed by atoms with E-state index in [4.69, 9.17) is 31.2 Å². The van der Waals surface area contributed by atoms with Gasteiger partial charge in [-0.1, -0.05) is 0 Å². The van der Waals surface area contributed by atoms with Gasteiger partial charge >= 0.3 is 6.09 Å². The molecule has 3 rings (SSSR count). The number of nitrogens with one attached hydrogen (secondary N) is 3. The largest absolute Gasteiger partial charge is 0.454 e. The van der Waals surface area contributed by atoms with Crippen LogP contribution in [-0.2, 0) is 9.47 Å². The molecule has 154 valence electrons. The average Bonchev–Trinajstić information content (AvgIpc) is 3.06. The molecule has 2 heterocycles. The zero-order valence-electron chi connectivity index (χ0n) is 16.0. The van der Waals surface area contributed by atoms with Crippen molar-refractivity contribution in [2.45, 2.75) is 44.9 Å². The first-order valence-corrected chi connectivity index (χ1v) is 10.2. The van der Waals surface area contributed by atoms with E-state index in [1.807, 2.05) is 32.9 Å². The number of benzene rings is 1. The van der Waals surface area contributed by atoms with Crippen LogP contribution in [-0.4, -0.2) is 48.9 Å². The summed E-state index contributed by atoms with van der Waals surface area (Å²) >= 11 is 8.97. The second-order valence-electron chi connectivity index (χ2n) is 7.48. The average molecular weight is 474 g/mol. The molecule has 0 radical (unpaired) electrons. The Hall–Kier alpha value is -1.78. The zero-order valence-corrected chi connectivity index (χ0v) is 18.4. The number of ether oxygens (including phenoxy) is 4. The number of carbonyl (C=O) groups is 1. The first-order chi connectivity index (χ1) is 13.2. The van der Waals surface area contributed by atoms with E-state index in [1.54, 1.807) is 0 Å². The minimum Gasteiger partial charge on any atom is -0.454 e. The van der Waals surface area contributed by atoms with Crippen molar-refractivity contribution in [2.75, 3.05) is 25.3 Å². The maximum atomic E-state index is 12.1. The first kappa shape index (κ1) is 20.9. The molecule has 0 bridgehead atoms. The van der Waals surface area contributed by atoms with Crippen molar-refractivity contribution in [3.8, 4) is 11.5 Å². The predicted molar refractivity (Wildman–Crippen MR) is 112 cm³/mol. The Balaban J connectivity index is 1.62. The van der Waals surface area contributed by atoms with Crippen LogP contribution in [0.1, 0.15) is 27.2 Å². The minimum atomic E-state index is -0.568. The molecule has 0 aromatic heterocycles. The van der Waals surface area contributed by atoms with Gasteiger partial charge in [0.2, 0.25) is 6.79 Å². The van der Waals surface area contributed by atoms with Crippen molar-refractivity contribution in [3.05, 3.63) is 16.6 Å². The lowest BCUT2D eigenvalue weighted by Gasteiger charge is -2.34. The van der Waals surface area contributed by atoms with Gasteiger partial charge in [0.25, 0.3) is 0 Å². The molecular formula is C18H24BrN3O5S. The lowest BCUT2D eigenvalue weighted by molar-refractivity contribution is 0.0278. The van der Waals surface area contributed by atoms with Crippen LogP contribution >= 0.6 is 28.1 Å². The molecule has 3 N–H and O–H groups in total. The van der Waals surface area contributed by atoms with Crippen LogP contribution < -0.4 is 25.4 Å². The lowest BCUT2D eigenvalue weighted by Crippen LogP contribution is -2.57. The van der Waals surface area contributed by atoms with E-state index < -0.39 is 11.7 Å². The van der Waals surface area contributed by atoms with Crippen LogP contribution in [0.15, 0.2) is 16.6 Å². The van der Waals surface area contributed by atoms with Crippen molar-refractivity contribution < 1.29 is 23.7 Å². The fourth-order valence-electron chi connectivity index (χ4n) is 2.89. The Morgan fingerprint density at radius 2 is 2.04 bits per heavy atom. The summed E-state index contributed by atoms with van der Waals surface area (Å²) in [5, 5.41) is 9.68. The fourth-order valence-corrected chi connectivity index (χ4v) is 3.56. The van der Waals surface area contributed by atoms with E-state index in [-0.39, 0.29) is 18.9 Å². The summed E-state index contributed by atoms with van der Waals surface area (Å²) in [5.74, 6) is 1.26. The highest BCUT2D eigenvalue weighted by molar-refractivity contribution is 9.10.